The molecule has 8 heteroatoms. The van der Waals surface area contributed by atoms with Gasteiger partial charge < -0.3 is 5.73 Å². The van der Waals surface area contributed by atoms with Crippen LogP contribution in [0.25, 0.3) is 0 Å². The fourth-order valence-electron chi connectivity index (χ4n) is 3.30. The highest BCUT2D eigenvalue weighted by atomic mass is 32.2. The number of primary amides is 1. The second-order valence-electron chi connectivity index (χ2n) is 6.99. The van der Waals surface area contributed by atoms with E-state index in [-0.39, 0.29) is 16.5 Å². The minimum absolute atomic E-state index is 0.0252. The lowest BCUT2D eigenvalue weighted by Crippen LogP contribution is -2.41. The van der Waals surface area contributed by atoms with Crippen molar-refractivity contribution in [2.45, 2.75) is 30.7 Å². The molecular formula is C19H25N3O3S2. The molecule has 1 aliphatic heterocycles. The number of sulfonamides is 1. The first-order valence-electron chi connectivity index (χ1n) is 9.04. The van der Waals surface area contributed by atoms with Gasteiger partial charge in [0.05, 0.1) is 10.9 Å². The molecule has 1 atom stereocenters. The number of benzene rings is 1. The third-order valence-electron chi connectivity index (χ3n) is 5.05. The van der Waals surface area contributed by atoms with E-state index in [1.54, 1.807) is 11.3 Å². The Kier molecular flexibility index (Phi) is 6.31. The number of nitrogens with zero attached hydrogens (tertiary/aromatic N) is 1. The van der Waals surface area contributed by atoms with Gasteiger partial charge in [0.1, 0.15) is 0 Å². The Morgan fingerprint density at radius 3 is 2.48 bits per heavy atom. The molecule has 1 unspecified atom stereocenters. The van der Waals surface area contributed by atoms with Crippen molar-refractivity contribution in [3.05, 3.63) is 52.2 Å². The molecular weight excluding hydrogens is 382 g/mol. The third-order valence-corrected chi connectivity index (χ3v) is 7.46. The number of likely N-dealkylation sites (tertiary alicyclic amines) is 1. The van der Waals surface area contributed by atoms with Crippen molar-refractivity contribution < 1.29 is 13.2 Å². The second kappa shape index (κ2) is 8.52. The van der Waals surface area contributed by atoms with Crippen LogP contribution in [0.4, 0.5) is 0 Å². The maximum absolute atomic E-state index is 12.7. The lowest BCUT2D eigenvalue weighted by Gasteiger charge is -2.36. The highest BCUT2D eigenvalue weighted by Gasteiger charge is 2.27. The van der Waals surface area contributed by atoms with Gasteiger partial charge in [-0.1, -0.05) is 13.0 Å². The van der Waals surface area contributed by atoms with E-state index in [2.05, 4.69) is 22.6 Å². The van der Waals surface area contributed by atoms with Gasteiger partial charge in [-0.05, 0) is 67.6 Å². The average molecular weight is 408 g/mol. The molecule has 0 saturated carbocycles. The van der Waals surface area contributed by atoms with Gasteiger partial charge in [-0.15, -0.1) is 11.3 Å². The van der Waals surface area contributed by atoms with E-state index >= 15 is 0 Å². The van der Waals surface area contributed by atoms with Crippen molar-refractivity contribution in [2.75, 3.05) is 19.6 Å². The molecule has 1 aromatic carbocycles. The van der Waals surface area contributed by atoms with Crippen LogP contribution < -0.4 is 10.5 Å². The van der Waals surface area contributed by atoms with Crippen LogP contribution in [0.1, 0.15) is 41.0 Å². The number of piperidine rings is 1. The van der Waals surface area contributed by atoms with E-state index in [0.29, 0.717) is 12.5 Å². The summed E-state index contributed by atoms with van der Waals surface area (Å²) in [6.07, 6.45) is 2.26. The molecule has 1 aliphatic rings. The first kappa shape index (κ1) is 20.0. The Bertz CT molecular complexity index is 856. The Morgan fingerprint density at radius 2 is 1.93 bits per heavy atom. The summed E-state index contributed by atoms with van der Waals surface area (Å²) >= 11 is 1.65. The van der Waals surface area contributed by atoms with Crippen molar-refractivity contribution >= 4 is 27.3 Å². The van der Waals surface area contributed by atoms with Crippen molar-refractivity contribution in [2.24, 2.45) is 11.7 Å². The zero-order valence-electron chi connectivity index (χ0n) is 15.3. The first-order valence-corrected chi connectivity index (χ1v) is 11.4. The molecule has 2 heterocycles. The maximum atomic E-state index is 12.7. The van der Waals surface area contributed by atoms with Crippen LogP contribution in [-0.4, -0.2) is 38.9 Å². The minimum Gasteiger partial charge on any atom is -0.366 e. The lowest BCUT2D eigenvalue weighted by atomic mass is 9.97. The predicted octanol–water partition coefficient (Wildman–Crippen LogP) is 2.60. The fraction of sp³-hybridized carbons (Fsp3) is 0.421. The summed E-state index contributed by atoms with van der Waals surface area (Å²) in [6.45, 7) is 4.52. The van der Waals surface area contributed by atoms with Gasteiger partial charge in [-0.3, -0.25) is 9.69 Å². The summed E-state index contributed by atoms with van der Waals surface area (Å²) in [6, 6.07) is 9.76. The molecule has 1 amide bonds. The number of hydrogen-bond acceptors (Lipinski definition) is 5. The van der Waals surface area contributed by atoms with E-state index in [1.807, 2.05) is 11.4 Å². The number of nitrogens with two attached hydrogens (primary N) is 1. The average Bonchev–Trinajstić information content (AvgIpc) is 3.18. The lowest BCUT2D eigenvalue weighted by molar-refractivity contribution is 0.1000. The first-order chi connectivity index (χ1) is 12.9. The molecule has 3 N–H and O–H groups in total. The molecule has 2 aromatic rings. The van der Waals surface area contributed by atoms with Crippen LogP contribution >= 0.6 is 11.3 Å². The summed E-state index contributed by atoms with van der Waals surface area (Å²) < 4.78 is 28.1. The summed E-state index contributed by atoms with van der Waals surface area (Å²) in [4.78, 5) is 14.8. The van der Waals surface area contributed by atoms with Gasteiger partial charge in [-0.25, -0.2) is 13.1 Å². The highest BCUT2D eigenvalue weighted by molar-refractivity contribution is 7.89. The summed E-state index contributed by atoms with van der Waals surface area (Å²) in [5.74, 6) is 0.134. The van der Waals surface area contributed by atoms with Crippen LogP contribution in [0.2, 0.25) is 0 Å². The molecule has 0 radical (unpaired) electrons. The van der Waals surface area contributed by atoms with Crippen molar-refractivity contribution in [3.63, 3.8) is 0 Å². The molecule has 1 fully saturated rings. The summed E-state index contributed by atoms with van der Waals surface area (Å²) in [7, 11) is -3.66. The van der Waals surface area contributed by atoms with Gasteiger partial charge in [0.2, 0.25) is 15.9 Å². The Hall–Kier alpha value is -1.74. The molecule has 0 spiro atoms. The SMILES string of the molecule is CC1CCN(C(CNS(=O)(=O)c2ccc(C(N)=O)cc2)c2cccs2)CC1. The normalized spacial score (nSPS) is 17.7. The minimum atomic E-state index is -3.66. The summed E-state index contributed by atoms with van der Waals surface area (Å²) in [5.41, 5.74) is 5.49. The number of thiophene rings is 1. The van der Waals surface area contributed by atoms with E-state index in [4.69, 9.17) is 5.73 Å². The van der Waals surface area contributed by atoms with Crippen molar-refractivity contribution in [3.8, 4) is 0 Å². The van der Waals surface area contributed by atoms with E-state index in [9.17, 15) is 13.2 Å². The Morgan fingerprint density at radius 1 is 1.26 bits per heavy atom. The molecule has 0 aliphatic carbocycles. The highest BCUT2D eigenvalue weighted by Crippen LogP contribution is 2.29. The zero-order valence-corrected chi connectivity index (χ0v) is 16.9. The largest absolute Gasteiger partial charge is 0.366 e. The standard InChI is InChI=1S/C19H25N3O3S2/c1-14-8-10-22(11-9-14)17(18-3-2-12-26-18)13-21-27(24,25)16-6-4-15(5-7-16)19(20)23/h2-7,12,14,17,21H,8-11,13H2,1H3,(H2,20,23). The monoisotopic (exact) mass is 407 g/mol. The van der Waals surface area contributed by atoms with Crippen LogP contribution in [0.15, 0.2) is 46.7 Å². The van der Waals surface area contributed by atoms with Gasteiger partial charge in [0.25, 0.3) is 0 Å². The number of carbonyl (C=O) groups excluding carboxylic acids is 1. The molecule has 3 rings (SSSR count). The maximum Gasteiger partial charge on any atom is 0.248 e. The molecule has 1 aromatic heterocycles. The topological polar surface area (TPSA) is 92.5 Å². The molecule has 146 valence electrons. The zero-order chi connectivity index (χ0) is 19.4. The third kappa shape index (κ3) is 4.95. The number of rotatable bonds is 7. The summed E-state index contributed by atoms with van der Waals surface area (Å²) in [5, 5.41) is 2.02. The number of hydrogen-bond donors (Lipinski definition) is 2. The van der Waals surface area contributed by atoms with Crippen LogP contribution in [0, 0.1) is 5.92 Å². The number of carbonyl (C=O) groups is 1. The van der Waals surface area contributed by atoms with Crippen molar-refractivity contribution in [1.82, 2.24) is 9.62 Å². The molecule has 1 saturated heterocycles. The van der Waals surface area contributed by atoms with Gasteiger partial charge >= 0.3 is 0 Å². The number of nitrogens with one attached hydrogen (secondary N) is 1. The fourth-order valence-corrected chi connectivity index (χ4v) is 5.20. The molecule has 27 heavy (non-hydrogen) atoms. The Labute approximate surface area is 164 Å². The van der Waals surface area contributed by atoms with Crippen molar-refractivity contribution in [1.29, 1.82) is 0 Å². The van der Waals surface area contributed by atoms with Gasteiger partial charge in [0, 0.05) is 17.0 Å². The smallest absolute Gasteiger partial charge is 0.248 e. The molecule has 0 bridgehead atoms. The predicted molar refractivity (Wildman–Crippen MR) is 107 cm³/mol. The second-order valence-corrected chi connectivity index (χ2v) is 9.74. The van der Waals surface area contributed by atoms with Gasteiger partial charge in [0.15, 0.2) is 0 Å². The Balaban J connectivity index is 1.73. The molecule has 6 nitrogen and oxygen atoms in total. The van der Waals surface area contributed by atoms with Crippen LogP contribution in [-0.2, 0) is 10.0 Å². The van der Waals surface area contributed by atoms with E-state index in [0.717, 1.165) is 30.8 Å². The van der Waals surface area contributed by atoms with E-state index in [1.165, 1.54) is 24.3 Å². The number of amides is 1. The quantitative estimate of drug-likeness (QED) is 0.738. The van der Waals surface area contributed by atoms with Crippen LogP contribution in [0.5, 0.6) is 0 Å². The van der Waals surface area contributed by atoms with Gasteiger partial charge in [-0.2, -0.15) is 0 Å². The van der Waals surface area contributed by atoms with Crippen LogP contribution in [0.3, 0.4) is 0 Å². The van der Waals surface area contributed by atoms with E-state index < -0.39 is 15.9 Å².